The molecule has 0 radical (unpaired) electrons. The van der Waals surface area contributed by atoms with Crippen LogP contribution in [0, 0.1) is 0 Å². The molecule has 0 aromatic heterocycles. The van der Waals surface area contributed by atoms with Crippen LogP contribution in [0.25, 0.3) is 0 Å². The predicted octanol–water partition coefficient (Wildman–Crippen LogP) is 2.73. The van der Waals surface area contributed by atoms with E-state index in [1.807, 2.05) is 13.8 Å². The largest absolute Gasteiger partial charge is 0.480 e. The number of rotatable bonds is 5. The SMILES string of the molecule is CC(C)NC(=O)c1ccc(C(=O)NC2(C(=O)O)CCCCCC2)cc1. The lowest BCUT2D eigenvalue weighted by atomic mass is 9.89. The summed E-state index contributed by atoms with van der Waals surface area (Å²) in [5, 5.41) is 15.2. The number of aliphatic carboxylic acids is 1. The maximum atomic E-state index is 12.5. The number of carbonyl (C=O) groups excluding carboxylic acids is 2. The van der Waals surface area contributed by atoms with Gasteiger partial charge in [-0.25, -0.2) is 4.79 Å². The third kappa shape index (κ3) is 4.81. The van der Waals surface area contributed by atoms with Crippen molar-refractivity contribution in [2.45, 2.75) is 64.0 Å². The Hall–Kier alpha value is -2.37. The van der Waals surface area contributed by atoms with Crippen LogP contribution in [0.3, 0.4) is 0 Å². The molecule has 25 heavy (non-hydrogen) atoms. The van der Waals surface area contributed by atoms with Crippen molar-refractivity contribution in [3.63, 3.8) is 0 Å². The van der Waals surface area contributed by atoms with Gasteiger partial charge in [0.1, 0.15) is 5.54 Å². The molecule has 136 valence electrons. The summed E-state index contributed by atoms with van der Waals surface area (Å²) in [6, 6.07) is 6.29. The third-order valence-corrected chi connectivity index (χ3v) is 4.55. The second kappa shape index (κ2) is 8.14. The van der Waals surface area contributed by atoms with Gasteiger partial charge < -0.3 is 15.7 Å². The molecule has 1 aromatic carbocycles. The first-order chi connectivity index (χ1) is 11.8. The summed E-state index contributed by atoms with van der Waals surface area (Å²) in [4.78, 5) is 36.2. The number of hydrogen-bond donors (Lipinski definition) is 3. The van der Waals surface area contributed by atoms with Gasteiger partial charge in [0.05, 0.1) is 0 Å². The van der Waals surface area contributed by atoms with E-state index in [1.54, 1.807) is 24.3 Å². The average Bonchev–Trinajstić information content (AvgIpc) is 2.81. The van der Waals surface area contributed by atoms with Crippen molar-refractivity contribution in [3.05, 3.63) is 35.4 Å². The highest BCUT2D eigenvalue weighted by Crippen LogP contribution is 2.28. The van der Waals surface area contributed by atoms with Gasteiger partial charge in [-0.15, -0.1) is 0 Å². The molecule has 2 rings (SSSR count). The van der Waals surface area contributed by atoms with E-state index in [2.05, 4.69) is 10.6 Å². The first-order valence-corrected chi connectivity index (χ1v) is 8.81. The molecule has 2 amide bonds. The minimum atomic E-state index is -1.19. The number of nitrogens with one attached hydrogen (secondary N) is 2. The molecule has 0 bridgehead atoms. The van der Waals surface area contributed by atoms with E-state index in [4.69, 9.17) is 0 Å². The highest BCUT2D eigenvalue weighted by Gasteiger charge is 2.40. The molecule has 1 saturated carbocycles. The molecule has 0 saturated heterocycles. The summed E-state index contributed by atoms with van der Waals surface area (Å²) in [6.45, 7) is 3.75. The summed E-state index contributed by atoms with van der Waals surface area (Å²) in [7, 11) is 0. The molecule has 1 aliphatic carbocycles. The molecular formula is C19H26N2O4. The van der Waals surface area contributed by atoms with E-state index in [0.29, 0.717) is 24.0 Å². The van der Waals surface area contributed by atoms with E-state index in [1.165, 1.54) is 0 Å². The van der Waals surface area contributed by atoms with Crippen LogP contribution in [0.5, 0.6) is 0 Å². The van der Waals surface area contributed by atoms with Gasteiger partial charge in [0, 0.05) is 17.2 Å². The summed E-state index contributed by atoms with van der Waals surface area (Å²) >= 11 is 0. The minimum Gasteiger partial charge on any atom is -0.480 e. The number of amides is 2. The van der Waals surface area contributed by atoms with E-state index in [9.17, 15) is 19.5 Å². The Bertz CT molecular complexity index is 629. The van der Waals surface area contributed by atoms with Crippen molar-refractivity contribution in [2.75, 3.05) is 0 Å². The molecule has 6 heteroatoms. The number of carbonyl (C=O) groups is 3. The van der Waals surface area contributed by atoms with Crippen molar-refractivity contribution >= 4 is 17.8 Å². The summed E-state index contributed by atoms with van der Waals surface area (Å²) in [5.74, 6) is -1.59. The second-order valence-corrected chi connectivity index (χ2v) is 6.96. The van der Waals surface area contributed by atoms with Crippen LogP contribution < -0.4 is 10.6 Å². The zero-order valence-electron chi connectivity index (χ0n) is 14.8. The highest BCUT2D eigenvalue weighted by molar-refractivity contribution is 5.99. The fourth-order valence-corrected chi connectivity index (χ4v) is 3.13. The highest BCUT2D eigenvalue weighted by atomic mass is 16.4. The number of hydrogen-bond acceptors (Lipinski definition) is 3. The minimum absolute atomic E-state index is 0.0288. The summed E-state index contributed by atoms with van der Waals surface area (Å²) in [5.41, 5.74) is -0.375. The van der Waals surface area contributed by atoms with Crippen LogP contribution >= 0.6 is 0 Å². The summed E-state index contributed by atoms with van der Waals surface area (Å²) < 4.78 is 0. The van der Waals surface area contributed by atoms with Crippen LogP contribution in [0.15, 0.2) is 24.3 Å². The van der Waals surface area contributed by atoms with Crippen molar-refractivity contribution < 1.29 is 19.5 Å². The zero-order valence-corrected chi connectivity index (χ0v) is 14.8. The molecule has 1 aliphatic rings. The van der Waals surface area contributed by atoms with Crippen LogP contribution in [0.1, 0.15) is 73.1 Å². The molecule has 0 atom stereocenters. The number of carboxylic acids is 1. The Balaban J connectivity index is 2.11. The molecule has 0 aliphatic heterocycles. The molecule has 6 nitrogen and oxygen atoms in total. The fraction of sp³-hybridized carbons (Fsp3) is 0.526. The van der Waals surface area contributed by atoms with Crippen LogP contribution in [0.2, 0.25) is 0 Å². The quantitative estimate of drug-likeness (QED) is 0.714. The van der Waals surface area contributed by atoms with Gasteiger partial charge in [0.25, 0.3) is 11.8 Å². The summed E-state index contributed by atoms with van der Waals surface area (Å²) in [6.07, 6.45) is 4.46. The van der Waals surface area contributed by atoms with Gasteiger partial charge >= 0.3 is 5.97 Å². The van der Waals surface area contributed by atoms with Gasteiger partial charge in [-0.2, -0.15) is 0 Å². The topological polar surface area (TPSA) is 95.5 Å². The lowest BCUT2D eigenvalue weighted by Crippen LogP contribution is -2.54. The van der Waals surface area contributed by atoms with Gasteiger partial charge in [-0.1, -0.05) is 25.7 Å². The molecule has 0 heterocycles. The predicted molar refractivity (Wildman–Crippen MR) is 94.6 cm³/mol. The van der Waals surface area contributed by atoms with E-state index >= 15 is 0 Å². The van der Waals surface area contributed by atoms with Gasteiger partial charge in [0.2, 0.25) is 0 Å². The number of carboxylic acid groups (broad SMARTS) is 1. The Kier molecular flexibility index (Phi) is 6.17. The third-order valence-electron chi connectivity index (χ3n) is 4.55. The van der Waals surface area contributed by atoms with Crippen molar-refractivity contribution in [1.29, 1.82) is 0 Å². The molecular weight excluding hydrogens is 320 g/mol. The van der Waals surface area contributed by atoms with Crippen molar-refractivity contribution in [3.8, 4) is 0 Å². The molecule has 0 spiro atoms. The van der Waals surface area contributed by atoms with Gasteiger partial charge in [0.15, 0.2) is 0 Å². The first-order valence-electron chi connectivity index (χ1n) is 8.81. The van der Waals surface area contributed by atoms with E-state index < -0.39 is 17.4 Å². The standard InChI is InChI=1S/C19H26N2O4/c1-13(2)20-16(22)14-7-9-15(10-8-14)17(23)21-19(18(24)25)11-5-3-4-6-12-19/h7-10,13H,3-6,11-12H2,1-2H3,(H,20,22)(H,21,23)(H,24,25). The maximum Gasteiger partial charge on any atom is 0.329 e. The Morgan fingerprint density at radius 1 is 0.920 bits per heavy atom. The molecule has 0 unspecified atom stereocenters. The second-order valence-electron chi connectivity index (χ2n) is 6.96. The van der Waals surface area contributed by atoms with Crippen LogP contribution in [-0.4, -0.2) is 34.5 Å². The Morgan fingerprint density at radius 3 is 1.84 bits per heavy atom. The lowest BCUT2D eigenvalue weighted by molar-refractivity contribution is -0.145. The smallest absolute Gasteiger partial charge is 0.329 e. The molecule has 1 fully saturated rings. The van der Waals surface area contributed by atoms with Crippen molar-refractivity contribution in [2.24, 2.45) is 0 Å². The Labute approximate surface area is 148 Å². The lowest BCUT2D eigenvalue weighted by Gasteiger charge is -2.29. The normalized spacial score (nSPS) is 16.8. The van der Waals surface area contributed by atoms with E-state index in [-0.39, 0.29) is 11.9 Å². The monoisotopic (exact) mass is 346 g/mol. The van der Waals surface area contributed by atoms with E-state index in [0.717, 1.165) is 25.7 Å². The van der Waals surface area contributed by atoms with Gasteiger partial charge in [-0.3, -0.25) is 9.59 Å². The first kappa shape index (κ1) is 19.0. The van der Waals surface area contributed by atoms with Crippen LogP contribution in [0.4, 0.5) is 0 Å². The average molecular weight is 346 g/mol. The molecule has 3 N–H and O–H groups in total. The zero-order chi connectivity index (χ0) is 18.4. The van der Waals surface area contributed by atoms with Gasteiger partial charge in [-0.05, 0) is 51.0 Å². The van der Waals surface area contributed by atoms with Crippen molar-refractivity contribution in [1.82, 2.24) is 10.6 Å². The molecule has 1 aromatic rings. The Morgan fingerprint density at radius 2 is 1.40 bits per heavy atom. The number of benzene rings is 1. The maximum absolute atomic E-state index is 12.5. The van der Waals surface area contributed by atoms with Crippen LogP contribution in [-0.2, 0) is 4.79 Å². The fourth-order valence-electron chi connectivity index (χ4n) is 3.13.